The molecule has 0 fully saturated rings. The van der Waals surface area contributed by atoms with Crippen LogP contribution >= 0.6 is 11.6 Å². The van der Waals surface area contributed by atoms with Crippen molar-refractivity contribution in [2.75, 3.05) is 11.9 Å². The zero-order chi connectivity index (χ0) is 16.2. The molecule has 0 aliphatic heterocycles. The maximum absolute atomic E-state index is 10.7. The van der Waals surface area contributed by atoms with E-state index in [1.807, 2.05) is 24.3 Å². The minimum atomic E-state index is -0.461. The van der Waals surface area contributed by atoms with Crippen molar-refractivity contribution in [1.82, 2.24) is 4.98 Å². The van der Waals surface area contributed by atoms with E-state index in [-0.39, 0.29) is 5.69 Å². The molecule has 23 heavy (non-hydrogen) atoms. The highest BCUT2D eigenvalue weighted by Gasteiger charge is 2.09. The summed E-state index contributed by atoms with van der Waals surface area (Å²) in [6.07, 6.45) is 2.56. The van der Waals surface area contributed by atoms with Crippen LogP contribution in [0.1, 0.15) is 5.56 Å². The summed E-state index contributed by atoms with van der Waals surface area (Å²) < 4.78 is 0. The predicted octanol–water partition coefficient (Wildman–Crippen LogP) is 4.45. The van der Waals surface area contributed by atoms with Gasteiger partial charge in [-0.15, -0.1) is 0 Å². The number of aromatic nitrogens is 1. The van der Waals surface area contributed by atoms with E-state index in [4.69, 9.17) is 11.6 Å². The third kappa shape index (κ3) is 3.40. The van der Waals surface area contributed by atoms with Crippen LogP contribution in [0.25, 0.3) is 10.9 Å². The molecule has 0 unspecified atom stereocenters. The van der Waals surface area contributed by atoms with Crippen molar-refractivity contribution >= 4 is 33.9 Å². The van der Waals surface area contributed by atoms with Crippen LogP contribution in [0.3, 0.4) is 0 Å². The van der Waals surface area contributed by atoms with Crippen LogP contribution in [0.5, 0.6) is 0 Å². The van der Waals surface area contributed by atoms with Crippen molar-refractivity contribution in [1.29, 1.82) is 0 Å². The highest BCUT2D eigenvalue weighted by atomic mass is 35.5. The van der Waals surface area contributed by atoms with E-state index in [0.717, 1.165) is 22.9 Å². The number of anilines is 1. The lowest BCUT2D eigenvalue weighted by Crippen LogP contribution is -2.06. The zero-order valence-electron chi connectivity index (χ0n) is 12.2. The average molecular weight is 328 g/mol. The number of rotatable bonds is 5. The number of nitrogens with zero attached hydrogens (tertiary/aromatic N) is 2. The third-order valence-electron chi connectivity index (χ3n) is 3.59. The summed E-state index contributed by atoms with van der Waals surface area (Å²) in [7, 11) is 0. The number of para-hydroxylation sites is 1. The molecular formula is C17H14ClN3O2. The molecule has 0 aliphatic carbocycles. The first-order valence-electron chi connectivity index (χ1n) is 7.15. The van der Waals surface area contributed by atoms with Gasteiger partial charge in [0.1, 0.15) is 0 Å². The summed E-state index contributed by atoms with van der Waals surface area (Å²) in [4.78, 5) is 14.7. The molecule has 0 saturated heterocycles. The number of halogens is 1. The molecule has 3 aromatic rings. The molecule has 0 saturated carbocycles. The topological polar surface area (TPSA) is 68.1 Å². The molecule has 0 radical (unpaired) electrons. The van der Waals surface area contributed by atoms with E-state index in [2.05, 4.69) is 16.4 Å². The molecule has 116 valence electrons. The molecule has 0 atom stereocenters. The van der Waals surface area contributed by atoms with Crippen LogP contribution in [0.15, 0.2) is 54.7 Å². The molecule has 5 nitrogen and oxygen atoms in total. The molecular weight excluding hydrogens is 314 g/mol. The molecule has 0 aliphatic rings. The summed E-state index contributed by atoms with van der Waals surface area (Å²) in [6.45, 7) is 0.660. The minimum Gasteiger partial charge on any atom is -0.384 e. The largest absolute Gasteiger partial charge is 0.384 e. The molecule has 0 amide bonds. The zero-order valence-corrected chi connectivity index (χ0v) is 13.0. The van der Waals surface area contributed by atoms with E-state index < -0.39 is 4.92 Å². The Hall–Kier alpha value is -2.66. The van der Waals surface area contributed by atoms with Gasteiger partial charge in [0.05, 0.1) is 21.2 Å². The van der Waals surface area contributed by atoms with E-state index in [1.54, 1.807) is 12.3 Å². The van der Waals surface area contributed by atoms with Crippen LogP contribution in [-0.4, -0.2) is 16.5 Å². The highest BCUT2D eigenvalue weighted by molar-refractivity contribution is 6.33. The van der Waals surface area contributed by atoms with Gasteiger partial charge < -0.3 is 5.32 Å². The molecule has 1 N–H and O–H groups in total. The second-order valence-electron chi connectivity index (χ2n) is 5.09. The van der Waals surface area contributed by atoms with Gasteiger partial charge in [0, 0.05) is 30.3 Å². The quantitative estimate of drug-likeness (QED) is 0.555. The Kier molecular flexibility index (Phi) is 4.39. The number of pyridine rings is 1. The molecule has 0 bridgehead atoms. The second-order valence-corrected chi connectivity index (χ2v) is 5.50. The number of fused-ring (bicyclic) bond motifs is 1. The SMILES string of the molecule is O=[N+]([O-])c1ccc(NCCc2cccc3cccnc23)c(Cl)c1. The number of hydrogen-bond acceptors (Lipinski definition) is 4. The van der Waals surface area contributed by atoms with Crippen LogP contribution in [0.4, 0.5) is 11.4 Å². The molecule has 3 rings (SSSR count). The fraction of sp³-hybridized carbons (Fsp3) is 0.118. The van der Waals surface area contributed by atoms with Crippen LogP contribution < -0.4 is 5.32 Å². The third-order valence-corrected chi connectivity index (χ3v) is 3.90. The van der Waals surface area contributed by atoms with Gasteiger partial charge in [0.25, 0.3) is 5.69 Å². The molecule has 0 spiro atoms. The number of nitrogens with one attached hydrogen (secondary N) is 1. The Balaban J connectivity index is 1.71. The Morgan fingerprint density at radius 3 is 2.78 bits per heavy atom. The summed E-state index contributed by atoms with van der Waals surface area (Å²) in [5.74, 6) is 0. The monoisotopic (exact) mass is 327 g/mol. The fourth-order valence-corrected chi connectivity index (χ4v) is 2.70. The standard InChI is InChI=1S/C17H14ClN3O2/c18-15-11-14(21(22)23)6-7-16(15)19-10-8-13-4-1-3-12-5-2-9-20-17(12)13/h1-7,9,11,19H,8,10H2. The first-order chi connectivity index (χ1) is 11.1. The van der Waals surface area contributed by atoms with Gasteiger partial charge in [-0.1, -0.05) is 35.9 Å². The number of nitro benzene ring substituents is 1. The van der Waals surface area contributed by atoms with Crippen molar-refractivity contribution in [3.63, 3.8) is 0 Å². The fourth-order valence-electron chi connectivity index (χ4n) is 2.46. The Labute approximate surface area is 138 Å². The lowest BCUT2D eigenvalue weighted by atomic mass is 10.1. The van der Waals surface area contributed by atoms with Crippen LogP contribution in [-0.2, 0) is 6.42 Å². The summed E-state index contributed by atoms with van der Waals surface area (Å²) in [6, 6.07) is 14.5. The van der Waals surface area contributed by atoms with Gasteiger partial charge >= 0.3 is 0 Å². The number of hydrogen-bond donors (Lipinski definition) is 1. The summed E-state index contributed by atoms with van der Waals surface area (Å²) in [5, 5.41) is 15.4. The van der Waals surface area contributed by atoms with Crippen molar-refractivity contribution in [3.8, 4) is 0 Å². The average Bonchev–Trinajstić information content (AvgIpc) is 2.56. The van der Waals surface area contributed by atoms with Gasteiger partial charge in [-0.05, 0) is 24.1 Å². The van der Waals surface area contributed by atoms with E-state index in [0.29, 0.717) is 17.3 Å². The number of nitro groups is 1. The van der Waals surface area contributed by atoms with Crippen molar-refractivity contribution in [3.05, 3.63) is 75.4 Å². The summed E-state index contributed by atoms with van der Waals surface area (Å²) in [5.41, 5.74) is 2.81. The Morgan fingerprint density at radius 1 is 1.17 bits per heavy atom. The minimum absolute atomic E-state index is 0.0150. The number of non-ortho nitro benzene ring substituents is 1. The molecule has 1 heterocycles. The lowest BCUT2D eigenvalue weighted by molar-refractivity contribution is -0.384. The van der Waals surface area contributed by atoms with Gasteiger partial charge in [-0.3, -0.25) is 15.1 Å². The van der Waals surface area contributed by atoms with E-state index in [9.17, 15) is 10.1 Å². The van der Waals surface area contributed by atoms with Crippen molar-refractivity contribution in [2.45, 2.75) is 6.42 Å². The maximum atomic E-state index is 10.7. The molecule has 1 aromatic heterocycles. The van der Waals surface area contributed by atoms with Crippen molar-refractivity contribution < 1.29 is 4.92 Å². The summed E-state index contributed by atoms with van der Waals surface area (Å²) >= 11 is 6.07. The molecule has 6 heteroatoms. The number of benzene rings is 2. The predicted molar refractivity (Wildman–Crippen MR) is 92.0 cm³/mol. The van der Waals surface area contributed by atoms with Crippen LogP contribution in [0.2, 0.25) is 5.02 Å². The second kappa shape index (κ2) is 6.62. The smallest absolute Gasteiger partial charge is 0.271 e. The van der Waals surface area contributed by atoms with Crippen molar-refractivity contribution in [2.24, 2.45) is 0 Å². The molecule has 2 aromatic carbocycles. The maximum Gasteiger partial charge on any atom is 0.271 e. The Morgan fingerprint density at radius 2 is 2.00 bits per heavy atom. The lowest BCUT2D eigenvalue weighted by Gasteiger charge is -2.09. The first-order valence-corrected chi connectivity index (χ1v) is 7.53. The first kappa shape index (κ1) is 15.2. The van der Waals surface area contributed by atoms with Gasteiger partial charge in [-0.25, -0.2) is 0 Å². The van der Waals surface area contributed by atoms with E-state index >= 15 is 0 Å². The van der Waals surface area contributed by atoms with E-state index in [1.165, 1.54) is 12.1 Å². The highest BCUT2D eigenvalue weighted by Crippen LogP contribution is 2.26. The Bertz CT molecular complexity index is 862. The normalized spacial score (nSPS) is 10.7. The van der Waals surface area contributed by atoms with Gasteiger partial charge in [0.2, 0.25) is 0 Å². The van der Waals surface area contributed by atoms with Crippen LogP contribution in [0, 0.1) is 10.1 Å². The van der Waals surface area contributed by atoms with Gasteiger partial charge in [-0.2, -0.15) is 0 Å². The van der Waals surface area contributed by atoms with Gasteiger partial charge in [0.15, 0.2) is 0 Å².